The molecular weight excluding hydrogens is 330 g/mol. The second kappa shape index (κ2) is 5.86. The van der Waals surface area contributed by atoms with E-state index < -0.39 is 0 Å². The number of thiazole rings is 1. The number of hydrogen-bond donors (Lipinski definition) is 1. The Bertz CT molecular complexity index is 809. The summed E-state index contributed by atoms with van der Waals surface area (Å²) >= 11 is 3.09. The SMILES string of the molecule is Cc1nc(-c2ncn[nH]2)sc1C(=O)N1CCC[C@H]1c1cccs1. The van der Waals surface area contributed by atoms with Gasteiger partial charge in [0.25, 0.3) is 5.91 Å². The molecule has 0 spiro atoms. The van der Waals surface area contributed by atoms with Gasteiger partial charge in [0, 0.05) is 11.4 Å². The van der Waals surface area contributed by atoms with Crippen LogP contribution in [0.1, 0.15) is 39.1 Å². The highest BCUT2D eigenvalue weighted by Gasteiger charge is 2.33. The average Bonchev–Trinajstić information content (AvgIpc) is 3.31. The van der Waals surface area contributed by atoms with Crippen LogP contribution in [-0.2, 0) is 0 Å². The lowest BCUT2D eigenvalue weighted by atomic mass is 10.2. The molecule has 1 aliphatic rings. The zero-order valence-electron chi connectivity index (χ0n) is 12.5. The third-order valence-corrected chi connectivity index (χ3v) is 6.12. The van der Waals surface area contributed by atoms with Crippen molar-refractivity contribution in [3.8, 4) is 10.8 Å². The van der Waals surface area contributed by atoms with E-state index in [-0.39, 0.29) is 11.9 Å². The molecule has 0 aromatic carbocycles. The number of aryl methyl sites for hydroxylation is 1. The molecule has 4 rings (SSSR count). The van der Waals surface area contributed by atoms with E-state index in [1.807, 2.05) is 17.9 Å². The maximum Gasteiger partial charge on any atom is 0.266 e. The van der Waals surface area contributed by atoms with Crippen LogP contribution in [0.5, 0.6) is 0 Å². The molecule has 1 fully saturated rings. The minimum Gasteiger partial charge on any atom is -0.330 e. The molecule has 3 aromatic rings. The Hall–Kier alpha value is -2.06. The van der Waals surface area contributed by atoms with Gasteiger partial charge in [0.05, 0.1) is 11.7 Å². The molecule has 8 heteroatoms. The number of carbonyl (C=O) groups is 1. The van der Waals surface area contributed by atoms with Gasteiger partial charge in [0.2, 0.25) is 0 Å². The molecule has 118 valence electrons. The van der Waals surface area contributed by atoms with Gasteiger partial charge in [-0.25, -0.2) is 9.97 Å². The lowest BCUT2D eigenvalue weighted by Crippen LogP contribution is -2.30. The van der Waals surface area contributed by atoms with Crippen LogP contribution in [0.25, 0.3) is 10.8 Å². The van der Waals surface area contributed by atoms with Crippen LogP contribution in [0, 0.1) is 6.92 Å². The molecule has 0 saturated carbocycles. The summed E-state index contributed by atoms with van der Waals surface area (Å²) in [6.07, 6.45) is 3.51. The van der Waals surface area contributed by atoms with Crippen molar-refractivity contribution in [1.29, 1.82) is 0 Å². The lowest BCUT2D eigenvalue weighted by molar-refractivity contribution is 0.0742. The molecule has 4 heterocycles. The Morgan fingerprint density at radius 2 is 2.39 bits per heavy atom. The first kappa shape index (κ1) is 14.5. The summed E-state index contributed by atoms with van der Waals surface area (Å²) in [4.78, 5) is 25.5. The molecule has 1 saturated heterocycles. The molecule has 3 aromatic heterocycles. The molecule has 6 nitrogen and oxygen atoms in total. The van der Waals surface area contributed by atoms with Crippen molar-refractivity contribution in [3.63, 3.8) is 0 Å². The number of nitrogens with zero attached hydrogens (tertiary/aromatic N) is 4. The monoisotopic (exact) mass is 345 g/mol. The summed E-state index contributed by atoms with van der Waals surface area (Å²) in [6.45, 7) is 2.68. The van der Waals surface area contributed by atoms with Crippen LogP contribution < -0.4 is 0 Å². The Morgan fingerprint density at radius 1 is 1.48 bits per heavy atom. The number of nitrogens with one attached hydrogen (secondary N) is 1. The summed E-state index contributed by atoms with van der Waals surface area (Å²) in [7, 11) is 0. The zero-order valence-corrected chi connectivity index (χ0v) is 14.2. The predicted octanol–water partition coefficient (Wildman–Crippen LogP) is 3.28. The molecule has 23 heavy (non-hydrogen) atoms. The Labute approximate surface area is 141 Å². The molecule has 1 amide bonds. The van der Waals surface area contributed by atoms with E-state index in [2.05, 4.69) is 31.6 Å². The van der Waals surface area contributed by atoms with Crippen molar-refractivity contribution in [2.45, 2.75) is 25.8 Å². The molecule has 0 unspecified atom stereocenters. The summed E-state index contributed by atoms with van der Waals surface area (Å²) in [5, 5.41) is 9.41. The molecule has 1 aliphatic heterocycles. The summed E-state index contributed by atoms with van der Waals surface area (Å²) < 4.78 is 0. The number of amides is 1. The predicted molar refractivity (Wildman–Crippen MR) is 89.6 cm³/mol. The minimum atomic E-state index is 0.0710. The largest absolute Gasteiger partial charge is 0.330 e. The van der Waals surface area contributed by atoms with Crippen molar-refractivity contribution >= 4 is 28.6 Å². The number of rotatable bonds is 3. The summed E-state index contributed by atoms with van der Waals surface area (Å²) in [5.41, 5.74) is 0.753. The highest BCUT2D eigenvalue weighted by atomic mass is 32.1. The van der Waals surface area contributed by atoms with Crippen molar-refractivity contribution in [1.82, 2.24) is 25.1 Å². The van der Waals surface area contributed by atoms with E-state index in [0.717, 1.165) is 25.1 Å². The van der Waals surface area contributed by atoms with Gasteiger partial charge in [-0.1, -0.05) is 6.07 Å². The van der Waals surface area contributed by atoms with Crippen LogP contribution in [0.4, 0.5) is 0 Å². The van der Waals surface area contributed by atoms with Crippen molar-refractivity contribution in [3.05, 3.63) is 39.3 Å². The number of thiophene rings is 1. The van der Waals surface area contributed by atoms with Gasteiger partial charge >= 0.3 is 0 Å². The maximum absolute atomic E-state index is 13.0. The van der Waals surface area contributed by atoms with Gasteiger partial charge in [0.15, 0.2) is 10.8 Å². The molecule has 1 N–H and O–H groups in total. The van der Waals surface area contributed by atoms with Crippen LogP contribution in [0.3, 0.4) is 0 Å². The summed E-state index contributed by atoms with van der Waals surface area (Å²) in [5.74, 6) is 0.676. The second-order valence-electron chi connectivity index (χ2n) is 5.44. The number of H-pyrrole nitrogens is 1. The first-order valence-corrected chi connectivity index (χ1v) is 9.11. The second-order valence-corrected chi connectivity index (χ2v) is 7.42. The van der Waals surface area contributed by atoms with E-state index in [1.165, 1.54) is 22.5 Å². The van der Waals surface area contributed by atoms with Crippen LogP contribution in [0.2, 0.25) is 0 Å². The maximum atomic E-state index is 13.0. The standard InChI is InChI=1S/C15H15N5OS2/c1-9-12(23-14(18-9)13-16-8-17-19-13)15(21)20-6-2-4-10(20)11-5-3-7-22-11/h3,5,7-8,10H,2,4,6H2,1H3,(H,16,17,19)/t10-/m0/s1. The van der Waals surface area contributed by atoms with E-state index in [9.17, 15) is 4.79 Å². The first-order valence-electron chi connectivity index (χ1n) is 7.41. The van der Waals surface area contributed by atoms with E-state index in [4.69, 9.17) is 0 Å². The van der Waals surface area contributed by atoms with Gasteiger partial charge in [-0.05, 0) is 31.2 Å². The van der Waals surface area contributed by atoms with E-state index >= 15 is 0 Å². The van der Waals surface area contributed by atoms with Gasteiger partial charge < -0.3 is 4.90 Å². The van der Waals surface area contributed by atoms with E-state index in [1.54, 1.807) is 11.3 Å². The average molecular weight is 345 g/mol. The zero-order chi connectivity index (χ0) is 15.8. The fourth-order valence-electron chi connectivity index (χ4n) is 2.92. The number of aromatic nitrogens is 4. The Balaban J connectivity index is 1.64. The number of hydrogen-bond acceptors (Lipinski definition) is 6. The minimum absolute atomic E-state index is 0.0710. The van der Waals surface area contributed by atoms with Gasteiger partial charge in [-0.15, -0.1) is 22.7 Å². The normalized spacial score (nSPS) is 17.8. The van der Waals surface area contributed by atoms with Gasteiger partial charge in [-0.2, -0.15) is 5.10 Å². The summed E-state index contributed by atoms with van der Waals surface area (Å²) in [6, 6.07) is 4.35. The smallest absolute Gasteiger partial charge is 0.266 e. The highest BCUT2D eigenvalue weighted by molar-refractivity contribution is 7.17. The quantitative estimate of drug-likeness (QED) is 0.790. The fraction of sp³-hybridized carbons (Fsp3) is 0.333. The van der Waals surface area contributed by atoms with E-state index in [0.29, 0.717) is 15.7 Å². The highest BCUT2D eigenvalue weighted by Crippen LogP contribution is 2.37. The topological polar surface area (TPSA) is 74.8 Å². The van der Waals surface area contributed by atoms with Crippen LogP contribution >= 0.6 is 22.7 Å². The molecule has 0 aliphatic carbocycles. The van der Waals surface area contributed by atoms with Crippen LogP contribution in [-0.4, -0.2) is 37.5 Å². The molecule has 1 atom stereocenters. The lowest BCUT2D eigenvalue weighted by Gasteiger charge is -2.23. The molecular formula is C15H15N5OS2. The van der Waals surface area contributed by atoms with Gasteiger partial charge in [-0.3, -0.25) is 9.89 Å². The van der Waals surface area contributed by atoms with Crippen LogP contribution in [0.15, 0.2) is 23.8 Å². The van der Waals surface area contributed by atoms with Crippen molar-refractivity contribution in [2.24, 2.45) is 0 Å². The third kappa shape index (κ3) is 2.57. The molecule has 0 bridgehead atoms. The van der Waals surface area contributed by atoms with Gasteiger partial charge in [0.1, 0.15) is 11.2 Å². The number of aromatic amines is 1. The number of likely N-dealkylation sites (tertiary alicyclic amines) is 1. The van der Waals surface area contributed by atoms with Crippen molar-refractivity contribution in [2.75, 3.05) is 6.54 Å². The van der Waals surface area contributed by atoms with Crippen molar-refractivity contribution < 1.29 is 4.79 Å². The Morgan fingerprint density at radius 3 is 3.13 bits per heavy atom. The molecule has 0 radical (unpaired) electrons. The third-order valence-electron chi connectivity index (χ3n) is 3.99. The number of carbonyl (C=O) groups excluding carboxylic acids is 1. The first-order chi connectivity index (χ1) is 11.2. The Kier molecular flexibility index (Phi) is 3.70. The fourth-order valence-corrected chi connectivity index (χ4v) is 4.76.